The number of anilines is 1. The summed E-state index contributed by atoms with van der Waals surface area (Å²) in [6, 6.07) is 1.68. The Hall–Kier alpha value is -1.68. The predicted octanol–water partition coefficient (Wildman–Crippen LogP) is 2.12. The summed E-state index contributed by atoms with van der Waals surface area (Å²) < 4.78 is 14.1. The lowest BCUT2D eigenvalue weighted by Gasteiger charge is -2.21. The van der Waals surface area contributed by atoms with Crippen LogP contribution < -0.4 is 10.2 Å². The number of pyridine rings is 1. The second-order valence-corrected chi connectivity index (χ2v) is 3.62. The van der Waals surface area contributed by atoms with Crippen molar-refractivity contribution < 1.29 is 4.39 Å². The van der Waals surface area contributed by atoms with Gasteiger partial charge in [-0.2, -0.15) is 0 Å². The van der Waals surface area contributed by atoms with E-state index in [1.54, 1.807) is 36.4 Å². The maximum Gasteiger partial charge on any atom is 0.170 e. The molecule has 3 nitrogen and oxygen atoms in total. The highest BCUT2D eigenvalue weighted by Crippen LogP contribution is 2.19. The number of hydrogen-bond acceptors (Lipinski definition) is 3. The van der Waals surface area contributed by atoms with Gasteiger partial charge in [-0.1, -0.05) is 12.2 Å². The highest BCUT2D eigenvalue weighted by atomic mass is 19.1. The van der Waals surface area contributed by atoms with Crippen LogP contribution in [0, 0.1) is 5.82 Å². The summed E-state index contributed by atoms with van der Waals surface area (Å²) >= 11 is 0. The Morgan fingerprint density at radius 2 is 2.06 bits per heavy atom. The third kappa shape index (κ3) is 3.39. The van der Waals surface area contributed by atoms with E-state index in [0.29, 0.717) is 31.0 Å². The van der Waals surface area contributed by atoms with Crippen LogP contribution >= 0.6 is 0 Å². The third-order valence-corrected chi connectivity index (χ3v) is 2.32. The monoisotopic (exact) mass is 235 g/mol. The lowest BCUT2D eigenvalue weighted by molar-refractivity contribution is 0.590. The van der Waals surface area contributed by atoms with Crippen molar-refractivity contribution in [1.82, 2.24) is 10.3 Å². The Morgan fingerprint density at radius 3 is 2.59 bits per heavy atom. The van der Waals surface area contributed by atoms with Crippen molar-refractivity contribution in [2.24, 2.45) is 0 Å². The van der Waals surface area contributed by atoms with Crippen LogP contribution in [0.3, 0.4) is 0 Å². The molecule has 0 radical (unpaired) electrons. The SMILES string of the molecule is C=CCN(CC=C)c1nccc(CNC)c1F. The van der Waals surface area contributed by atoms with Gasteiger partial charge in [-0.15, -0.1) is 13.2 Å². The molecule has 1 rings (SSSR count). The molecule has 17 heavy (non-hydrogen) atoms. The van der Waals surface area contributed by atoms with Crippen LogP contribution in [0.25, 0.3) is 0 Å². The van der Waals surface area contributed by atoms with Crippen molar-refractivity contribution in [1.29, 1.82) is 0 Å². The summed E-state index contributed by atoms with van der Waals surface area (Å²) in [4.78, 5) is 5.87. The first-order valence-electron chi connectivity index (χ1n) is 5.49. The lowest BCUT2D eigenvalue weighted by Crippen LogP contribution is -2.26. The maximum absolute atomic E-state index is 14.1. The first kappa shape index (κ1) is 13.4. The van der Waals surface area contributed by atoms with Gasteiger partial charge in [-0.3, -0.25) is 0 Å². The average Bonchev–Trinajstić information content (AvgIpc) is 2.32. The number of halogens is 1. The van der Waals surface area contributed by atoms with Crippen LogP contribution in [-0.4, -0.2) is 25.1 Å². The number of nitrogens with one attached hydrogen (secondary N) is 1. The van der Waals surface area contributed by atoms with Crippen molar-refractivity contribution in [3.05, 3.63) is 49.0 Å². The normalized spacial score (nSPS) is 10.0. The van der Waals surface area contributed by atoms with Crippen molar-refractivity contribution in [3.63, 3.8) is 0 Å². The number of aromatic nitrogens is 1. The zero-order valence-corrected chi connectivity index (χ0v) is 10.1. The van der Waals surface area contributed by atoms with Crippen molar-refractivity contribution in [3.8, 4) is 0 Å². The summed E-state index contributed by atoms with van der Waals surface area (Å²) in [7, 11) is 1.78. The molecule has 0 fully saturated rings. The predicted molar refractivity (Wildman–Crippen MR) is 69.6 cm³/mol. The summed E-state index contributed by atoms with van der Waals surface area (Å²) in [5.41, 5.74) is 0.607. The molecular formula is C13H18FN3. The first-order valence-corrected chi connectivity index (χ1v) is 5.49. The van der Waals surface area contributed by atoms with E-state index in [9.17, 15) is 4.39 Å². The Morgan fingerprint density at radius 1 is 1.41 bits per heavy atom. The van der Waals surface area contributed by atoms with Crippen LogP contribution in [0.15, 0.2) is 37.6 Å². The van der Waals surface area contributed by atoms with Crippen LogP contribution in [-0.2, 0) is 6.54 Å². The third-order valence-electron chi connectivity index (χ3n) is 2.32. The summed E-state index contributed by atoms with van der Waals surface area (Å²) in [6.07, 6.45) is 5.05. The molecule has 0 amide bonds. The zero-order chi connectivity index (χ0) is 12.7. The molecule has 1 heterocycles. The largest absolute Gasteiger partial charge is 0.347 e. The minimum absolute atomic E-state index is 0.287. The van der Waals surface area contributed by atoms with E-state index in [4.69, 9.17) is 0 Å². The molecule has 0 aliphatic rings. The van der Waals surface area contributed by atoms with E-state index in [2.05, 4.69) is 23.5 Å². The summed E-state index contributed by atoms with van der Waals surface area (Å²) in [5, 5.41) is 2.93. The van der Waals surface area contributed by atoms with Gasteiger partial charge in [0.05, 0.1) is 0 Å². The van der Waals surface area contributed by atoms with Gasteiger partial charge in [0.2, 0.25) is 0 Å². The molecule has 0 saturated carbocycles. The van der Waals surface area contributed by atoms with Crippen LogP contribution in [0.1, 0.15) is 5.56 Å². The maximum atomic E-state index is 14.1. The molecule has 0 bridgehead atoms. The van der Waals surface area contributed by atoms with Gasteiger partial charge in [0.25, 0.3) is 0 Å². The fourth-order valence-corrected chi connectivity index (χ4v) is 1.58. The zero-order valence-electron chi connectivity index (χ0n) is 10.1. The molecule has 0 aliphatic carbocycles. The van der Waals surface area contributed by atoms with E-state index in [0.717, 1.165) is 0 Å². The van der Waals surface area contributed by atoms with E-state index >= 15 is 0 Å². The second kappa shape index (κ2) is 6.81. The van der Waals surface area contributed by atoms with Crippen molar-refractivity contribution >= 4 is 5.82 Å². The standard InChI is InChI=1S/C13H18FN3/c1-4-8-17(9-5-2)13-12(14)11(10-15-3)6-7-16-13/h4-7,15H,1-2,8-10H2,3H3. The van der Waals surface area contributed by atoms with Gasteiger partial charge < -0.3 is 10.2 Å². The smallest absolute Gasteiger partial charge is 0.170 e. The van der Waals surface area contributed by atoms with Gasteiger partial charge >= 0.3 is 0 Å². The Kier molecular flexibility index (Phi) is 5.36. The molecule has 92 valence electrons. The molecule has 1 aromatic rings. The number of hydrogen-bond donors (Lipinski definition) is 1. The summed E-state index contributed by atoms with van der Waals surface area (Å²) in [5.74, 6) is 0.0584. The van der Waals surface area contributed by atoms with Crippen LogP contribution in [0.5, 0.6) is 0 Å². The molecule has 1 N–H and O–H groups in total. The molecule has 0 unspecified atom stereocenters. The van der Waals surface area contributed by atoms with Gasteiger partial charge in [-0.25, -0.2) is 9.37 Å². The molecule has 1 aromatic heterocycles. The van der Waals surface area contributed by atoms with Crippen LogP contribution in [0.4, 0.5) is 10.2 Å². The number of nitrogens with zero attached hydrogens (tertiary/aromatic N) is 2. The highest BCUT2D eigenvalue weighted by molar-refractivity contribution is 5.44. The minimum atomic E-state index is -0.287. The van der Waals surface area contributed by atoms with Crippen molar-refractivity contribution in [2.45, 2.75) is 6.54 Å². The van der Waals surface area contributed by atoms with Gasteiger partial charge in [-0.05, 0) is 13.1 Å². The van der Waals surface area contributed by atoms with E-state index in [1.807, 2.05) is 0 Å². The van der Waals surface area contributed by atoms with E-state index in [-0.39, 0.29) is 5.82 Å². The van der Waals surface area contributed by atoms with E-state index in [1.165, 1.54) is 0 Å². The lowest BCUT2D eigenvalue weighted by atomic mass is 10.2. The quantitative estimate of drug-likeness (QED) is 0.734. The van der Waals surface area contributed by atoms with Gasteiger partial charge in [0.15, 0.2) is 11.6 Å². The first-order chi connectivity index (χ1) is 8.24. The Bertz CT molecular complexity index is 380. The topological polar surface area (TPSA) is 28.2 Å². The molecule has 0 aromatic carbocycles. The molecule has 0 aliphatic heterocycles. The molecule has 0 atom stereocenters. The highest BCUT2D eigenvalue weighted by Gasteiger charge is 2.13. The molecule has 4 heteroatoms. The van der Waals surface area contributed by atoms with Crippen LogP contribution in [0.2, 0.25) is 0 Å². The Labute approximate surface area is 102 Å². The fourth-order valence-electron chi connectivity index (χ4n) is 1.58. The fraction of sp³-hybridized carbons (Fsp3) is 0.308. The second-order valence-electron chi connectivity index (χ2n) is 3.62. The molecular weight excluding hydrogens is 217 g/mol. The Balaban J connectivity index is 3.04. The number of rotatable bonds is 7. The minimum Gasteiger partial charge on any atom is -0.347 e. The summed E-state index contributed by atoms with van der Waals surface area (Å²) in [6.45, 7) is 8.88. The van der Waals surface area contributed by atoms with Crippen molar-refractivity contribution in [2.75, 3.05) is 25.0 Å². The van der Waals surface area contributed by atoms with Gasteiger partial charge in [0, 0.05) is 31.4 Å². The molecule has 0 saturated heterocycles. The van der Waals surface area contributed by atoms with E-state index < -0.39 is 0 Å². The molecule has 0 spiro atoms. The average molecular weight is 235 g/mol. The van der Waals surface area contributed by atoms with Gasteiger partial charge in [0.1, 0.15) is 0 Å².